The van der Waals surface area contributed by atoms with Crippen molar-refractivity contribution in [3.05, 3.63) is 345 Å². The van der Waals surface area contributed by atoms with Gasteiger partial charge in [-0.25, -0.2) is 0 Å². The van der Waals surface area contributed by atoms with E-state index in [2.05, 4.69) is 239 Å². The summed E-state index contributed by atoms with van der Waals surface area (Å²) in [5.74, 6) is 1.66. The summed E-state index contributed by atoms with van der Waals surface area (Å²) in [6, 6.07) is 20.6. The second kappa shape index (κ2) is 42.7. The van der Waals surface area contributed by atoms with Crippen molar-refractivity contribution in [3.63, 3.8) is 0 Å². The van der Waals surface area contributed by atoms with Gasteiger partial charge in [0.15, 0.2) is 5.75 Å². The van der Waals surface area contributed by atoms with Gasteiger partial charge < -0.3 is 64.2 Å². The third kappa shape index (κ3) is 22.2. The molecule has 8 aliphatic rings. The molecule has 5 aromatic rings. The average Bonchev–Trinajstić information content (AvgIpc) is 1.56. The molecule has 0 radical (unpaired) electrons. The van der Waals surface area contributed by atoms with E-state index in [1.54, 1.807) is 13.0 Å². The number of rotatable bonds is 17. The molecule has 0 aromatic heterocycles. The summed E-state index contributed by atoms with van der Waals surface area (Å²) >= 11 is 7.09. The molecule has 1 N–H and O–H groups in total. The van der Waals surface area contributed by atoms with Crippen LogP contribution in [-0.2, 0) is 62.0 Å². The summed E-state index contributed by atoms with van der Waals surface area (Å²) in [5, 5.41) is 10.2. The van der Waals surface area contributed by atoms with Crippen molar-refractivity contribution >= 4 is 55.4 Å². The molecular weight excluding hydrogens is 1450 g/mol. The first-order valence-electron chi connectivity index (χ1n) is 30.7. The fraction of sp³-hybridized carbons (Fsp3) is 0.277. The standard InChI is InChI=1S/C31H29Br2NO4.C30H31NO2.C6H8.2C5H6.6CH3.3Fe/c1-31(15-5-4-8-20-6-2-3-7-20)25-18-22(33)11-14-26(25)34(16-17-38-23-12-9-21(32)10-13-23)27(31)19-24-28(35)30(37)29(24)36;1-20-14-15-26-25(17-20)30(3,16-8-13-22-9-4-5-10-22)27(18-24-21(2)28(32)29(24)33)31(26)19-23-11-6-7-12-23;1-6-4-2-3-5-6;2*1-2-4-5-3-1;;;;;;;;;/h2-3,6-7,9-14,18-20,35H,4-5,8,15-17H2,1H3;4-7,9-12,14-15,17-18,22-23H,8,13,16,19H2,1-3H3;2-4H,5H2,1H3;2*1-4H,5H2;6*1H3;;;/q;;;;;6*-1;3*+2/b27-19+;27-18+;;;;;;;;;;;;. The molecule has 96 heavy (non-hydrogen) atoms. The fourth-order valence-corrected chi connectivity index (χ4v) is 13.0. The van der Waals surface area contributed by atoms with Gasteiger partial charge in [0, 0.05) is 66.1 Å². The molecule has 0 saturated carbocycles. The Hall–Kier alpha value is -6.10. The first-order valence-corrected chi connectivity index (χ1v) is 32.3. The summed E-state index contributed by atoms with van der Waals surface area (Å²) in [6.07, 6.45) is 63.6. The van der Waals surface area contributed by atoms with Crippen molar-refractivity contribution in [3.8, 4) is 11.5 Å². The maximum absolute atomic E-state index is 12.4. The number of fused-ring (bicyclic) bond motifs is 2. The largest absolute Gasteiger partial charge is 2.00 e. The van der Waals surface area contributed by atoms with Crippen LogP contribution in [0.15, 0.2) is 246 Å². The second-order valence-corrected chi connectivity index (χ2v) is 25.7. The first kappa shape index (κ1) is 89.9. The van der Waals surface area contributed by atoms with Gasteiger partial charge >= 0.3 is 51.2 Å². The summed E-state index contributed by atoms with van der Waals surface area (Å²) in [5.41, 5.74) is 7.97. The molecule has 13 heteroatoms. The smallest absolute Gasteiger partial charge is 0.504 e. The van der Waals surface area contributed by atoms with E-state index in [9.17, 15) is 24.3 Å². The van der Waals surface area contributed by atoms with Crippen LogP contribution in [0.5, 0.6) is 11.5 Å². The zero-order valence-electron chi connectivity index (χ0n) is 57.8. The van der Waals surface area contributed by atoms with Crippen molar-refractivity contribution in [2.75, 3.05) is 29.5 Å². The summed E-state index contributed by atoms with van der Waals surface area (Å²) in [7, 11) is 0. The number of ether oxygens (including phenoxy) is 1. The maximum atomic E-state index is 12.4. The fourth-order valence-electron chi connectivity index (χ4n) is 12.4. The van der Waals surface area contributed by atoms with Gasteiger partial charge in [-0.3, -0.25) is 19.2 Å². The van der Waals surface area contributed by atoms with Crippen LogP contribution in [0.4, 0.5) is 11.4 Å². The molecule has 0 bridgehead atoms. The molecule has 0 fully saturated rings. The molecule has 514 valence electrons. The molecule has 2 heterocycles. The van der Waals surface area contributed by atoms with E-state index in [1.807, 2.05) is 36.4 Å². The van der Waals surface area contributed by atoms with E-state index in [4.69, 9.17) is 4.74 Å². The van der Waals surface area contributed by atoms with Gasteiger partial charge in [0.25, 0.3) is 5.43 Å². The topological polar surface area (TPSA) is 104 Å². The van der Waals surface area contributed by atoms with Crippen molar-refractivity contribution in [2.45, 2.75) is 110 Å². The van der Waals surface area contributed by atoms with E-state index < -0.39 is 22.0 Å². The zero-order chi connectivity index (χ0) is 61.5. The number of hydrogen-bond acceptors (Lipinski definition) is 8. The summed E-state index contributed by atoms with van der Waals surface area (Å²) in [6.45, 7) is 12.3. The zero-order valence-corrected chi connectivity index (χ0v) is 64.3. The molecular formula is C83H98Br2Fe3N2O6. The molecule has 2 aliphatic heterocycles. The minimum atomic E-state index is -0.820. The number of benzene rings is 3. The minimum Gasteiger partial charge on any atom is -0.504 e. The number of allylic oxidation sites excluding steroid dienone is 24. The number of aromatic hydroxyl groups is 1. The van der Waals surface area contributed by atoms with Gasteiger partial charge in [-0.2, -0.15) is 0 Å². The molecule has 13 rings (SSSR count). The third-order valence-corrected chi connectivity index (χ3v) is 18.5. The Morgan fingerprint density at radius 2 is 0.990 bits per heavy atom. The summed E-state index contributed by atoms with van der Waals surface area (Å²) in [4.78, 5) is 53.1. The van der Waals surface area contributed by atoms with Crippen molar-refractivity contribution in [2.24, 2.45) is 17.8 Å². The predicted octanol–water partition coefficient (Wildman–Crippen LogP) is 20.3. The van der Waals surface area contributed by atoms with Crippen LogP contribution < -0.4 is 36.3 Å². The normalized spacial score (nSPS) is 18.7. The number of halogens is 2. The Morgan fingerprint density at radius 3 is 1.48 bits per heavy atom. The van der Waals surface area contributed by atoms with E-state index >= 15 is 0 Å². The molecule has 0 saturated heterocycles. The van der Waals surface area contributed by atoms with Gasteiger partial charge in [0.2, 0.25) is 16.3 Å². The number of aryl methyl sites for hydroxylation is 1. The second-order valence-electron chi connectivity index (χ2n) is 23.9. The average molecular weight is 1550 g/mol. The number of unbranched alkanes of at least 4 members (excludes halogenated alkanes) is 1. The van der Waals surface area contributed by atoms with Crippen LogP contribution in [0, 0.1) is 76.2 Å². The van der Waals surface area contributed by atoms with E-state index in [-0.39, 0.29) is 118 Å². The Morgan fingerprint density at radius 1 is 0.521 bits per heavy atom. The Labute approximate surface area is 624 Å². The van der Waals surface area contributed by atoms with Crippen LogP contribution in [0.25, 0.3) is 12.2 Å². The molecule has 0 spiro atoms. The van der Waals surface area contributed by atoms with Crippen LogP contribution in [0.3, 0.4) is 0 Å². The van der Waals surface area contributed by atoms with Crippen molar-refractivity contribution < 1.29 is 61.0 Å². The van der Waals surface area contributed by atoms with E-state index in [0.717, 1.165) is 102 Å². The van der Waals surface area contributed by atoms with E-state index in [0.29, 0.717) is 42.0 Å². The van der Waals surface area contributed by atoms with Gasteiger partial charge in [0.05, 0.1) is 12.1 Å². The maximum Gasteiger partial charge on any atom is 2.00 e. The molecule has 0 amide bonds. The minimum absolute atomic E-state index is 0. The van der Waals surface area contributed by atoms with Gasteiger partial charge in [-0.1, -0.05) is 214 Å². The first-order chi connectivity index (χ1) is 42.0. The van der Waals surface area contributed by atoms with Crippen LogP contribution in [-0.4, -0.2) is 24.8 Å². The summed E-state index contributed by atoms with van der Waals surface area (Å²) < 4.78 is 8.01. The monoisotopic (exact) mass is 1540 g/mol. The van der Waals surface area contributed by atoms with Crippen LogP contribution in [0.2, 0.25) is 0 Å². The molecule has 2 atom stereocenters. The van der Waals surface area contributed by atoms with Gasteiger partial charge in [-0.15, -0.1) is 0 Å². The number of nitrogens with zero attached hydrogens (tertiary/aromatic N) is 2. The van der Waals surface area contributed by atoms with Gasteiger partial charge in [0.1, 0.15) is 12.4 Å². The van der Waals surface area contributed by atoms with Crippen molar-refractivity contribution in [1.82, 2.24) is 0 Å². The number of hydrogen-bond donors (Lipinski definition) is 1. The molecule has 2 unspecified atom stereocenters. The van der Waals surface area contributed by atoms with Crippen LogP contribution >= 0.6 is 31.9 Å². The molecule has 6 aliphatic carbocycles. The third-order valence-electron chi connectivity index (χ3n) is 17.5. The van der Waals surface area contributed by atoms with E-state index in [1.165, 1.54) is 28.8 Å². The predicted molar refractivity (Wildman–Crippen MR) is 409 cm³/mol. The number of anilines is 2. The van der Waals surface area contributed by atoms with Crippen molar-refractivity contribution in [1.29, 1.82) is 0 Å². The molecule has 5 aromatic carbocycles. The van der Waals surface area contributed by atoms with Crippen LogP contribution in [0.1, 0.15) is 118 Å². The SMILES string of the molecule is C1=CCC=C1.C1=CCC=C1.CC1(CCCCC2C=CC=C2)/C(=C\c2c(O)c(=O)c2=O)N(CCOc2ccc(Br)cc2)c2ccc(Br)cc21.CC1=CC=CC1.Cc1ccc2c(c1)C(C)(CCCC1C=CC=C1)/C(=C\c1c(C)c(=O)c1=O)N2CC1C=CC=C1.[CH3-].[CH3-].[CH3-].[CH3-].[CH3-].[CH3-].[Fe+2].[Fe+2].[Fe+2]. The Bertz CT molecular complexity index is 3830. The quantitative estimate of drug-likeness (QED) is 0.0425. The Kier molecular flexibility index (Phi) is 39.9. The Balaban J connectivity index is 0.00000141. The molecule has 8 nitrogen and oxygen atoms in total. The van der Waals surface area contributed by atoms with Gasteiger partial charge in [-0.05, 0) is 163 Å².